The Balaban J connectivity index is 2.04. The van der Waals surface area contributed by atoms with E-state index >= 15 is 0 Å². The molecule has 0 saturated heterocycles. The predicted molar refractivity (Wildman–Crippen MR) is 78.7 cm³/mol. The van der Waals surface area contributed by atoms with E-state index in [9.17, 15) is 4.79 Å². The summed E-state index contributed by atoms with van der Waals surface area (Å²) in [5, 5.41) is 3.84. The number of amides is 1. The van der Waals surface area contributed by atoms with Gasteiger partial charge in [0.2, 0.25) is 0 Å². The molecule has 0 radical (unpaired) electrons. The molecule has 0 spiro atoms. The lowest BCUT2D eigenvalue weighted by Crippen LogP contribution is -2.44. The molecular formula is C14H18Cl2N2O. The summed E-state index contributed by atoms with van der Waals surface area (Å²) in [6, 6.07) is 4.93. The zero-order valence-corrected chi connectivity index (χ0v) is 12.2. The van der Waals surface area contributed by atoms with Gasteiger partial charge in [0.1, 0.15) is 0 Å². The minimum absolute atomic E-state index is 0.0458. The Hall–Kier alpha value is -0.770. The second kappa shape index (κ2) is 6.60. The number of nitrogens with two attached hydrogens (primary N) is 1. The molecule has 104 valence electrons. The fourth-order valence-electron chi connectivity index (χ4n) is 2.62. The van der Waals surface area contributed by atoms with Crippen LogP contribution in [0, 0.1) is 5.92 Å². The molecule has 0 bridgehead atoms. The molecule has 1 unspecified atom stereocenters. The number of hydrogen-bond acceptors (Lipinski definition) is 2. The van der Waals surface area contributed by atoms with E-state index in [1.807, 2.05) is 0 Å². The Labute approximate surface area is 123 Å². The van der Waals surface area contributed by atoms with E-state index in [1.54, 1.807) is 18.2 Å². The van der Waals surface area contributed by atoms with E-state index in [-0.39, 0.29) is 11.9 Å². The van der Waals surface area contributed by atoms with Gasteiger partial charge in [0.15, 0.2) is 0 Å². The molecular weight excluding hydrogens is 283 g/mol. The fourth-order valence-corrected chi connectivity index (χ4v) is 2.92. The van der Waals surface area contributed by atoms with E-state index in [1.165, 1.54) is 12.8 Å². The highest BCUT2D eigenvalue weighted by Crippen LogP contribution is 2.28. The first-order chi connectivity index (χ1) is 9.11. The highest BCUT2D eigenvalue weighted by molar-refractivity contribution is 6.42. The molecule has 19 heavy (non-hydrogen) atoms. The van der Waals surface area contributed by atoms with Crippen LogP contribution in [0.15, 0.2) is 18.2 Å². The van der Waals surface area contributed by atoms with Crippen molar-refractivity contribution in [2.24, 2.45) is 11.7 Å². The van der Waals surface area contributed by atoms with Gasteiger partial charge >= 0.3 is 0 Å². The highest BCUT2D eigenvalue weighted by Gasteiger charge is 2.25. The number of benzene rings is 1. The molecule has 1 atom stereocenters. The van der Waals surface area contributed by atoms with Crippen molar-refractivity contribution in [2.45, 2.75) is 31.7 Å². The third-order valence-electron chi connectivity index (χ3n) is 3.72. The van der Waals surface area contributed by atoms with Crippen LogP contribution < -0.4 is 11.1 Å². The summed E-state index contributed by atoms with van der Waals surface area (Å²) in [7, 11) is 0. The predicted octanol–water partition coefficient (Wildman–Crippen LogP) is 3.24. The molecule has 5 heteroatoms. The molecule has 3 nitrogen and oxygen atoms in total. The van der Waals surface area contributed by atoms with Gasteiger partial charge in [-0.05, 0) is 37.0 Å². The lowest BCUT2D eigenvalue weighted by Gasteiger charge is -2.23. The maximum absolute atomic E-state index is 12.2. The molecule has 2 rings (SSSR count). The molecule has 1 saturated carbocycles. The average molecular weight is 301 g/mol. The number of carbonyl (C=O) groups is 1. The van der Waals surface area contributed by atoms with Crippen LogP contribution in [0.4, 0.5) is 0 Å². The van der Waals surface area contributed by atoms with Crippen molar-refractivity contribution in [1.29, 1.82) is 0 Å². The van der Waals surface area contributed by atoms with Gasteiger partial charge in [0.25, 0.3) is 5.91 Å². The summed E-state index contributed by atoms with van der Waals surface area (Å²) < 4.78 is 0. The summed E-state index contributed by atoms with van der Waals surface area (Å²) in [6.45, 7) is 0.470. The minimum atomic E-state index is -0.138. The quantitative estimate of drug-likeness (QED) is 0.897. The van der Waals surface area contributed by atoms with E-state index in [2.05, 4.69) is 5.32 Å². The van der Waals surface area contributed by atoms with Gasteiger partial charge in [-0.3, -0.25) is 4.79 Å². The number of nitrogens with one attached hydrogen (secondary N) is 1. The van der Waals surface area contributed by atoms with Crippen molar-refractivity contribution >= 4 is 29.1 Å². The van der Waals surface area contributed by atoms with Crippen molar-refractivity contribution < 1.29 is 4.79 Å². The Morgan fingerprint density at radius 3 is 2.58 bits per heavy atom. The van der Waals surface area contributed by atoms with Crippen LogP contribution in [-0.2, 0) is 0 Å². The summed E-state index contributed by atoms with van der Waals surface area (Å²) in [5.74, 6) is 0.359. The van der Waals surface area contributed by atoms with Gasteiger partial charge in [-0.1, -0.05) is 36.0 Å². The van der Waals surface area contributed by atoms with Crippen LogP contribution in [0.1, 0.15) is 36.0 Å². The van der Waals surface area contributed by atoms with Gasteiger partial charge in [-0.2, -0.15) is 0 Å². The van der Waals surface area contributed by atoms with Crippen LogP contribution in [0.2, 0.25) is 10.0 Å². The smallest absolute Gasteiger partial charge is 0.251 e. The molecule has 1 aromatic rings. The molecule has 1 aromatic carbocycles. The zero-order chi connectivity index (χ0) is 13.8. The first kappa shape index (κ1) is 14.6. The number of hydrogen-bond donors (Lipinski definition) is 2. The number of halogens is 2. The Kier molecular flexibility index (Phi) is 5.08. The largest absolute Gasteiger partial charge is 0.348 e. The summed E-state index contributed by atoms with van der Waals surface area (Å²) in [5.41, 5.74) is 6.29. The summed E-state index contributed by atoms with van der Waals surface area (Å²) in [6.07, 6.45) is 4.74. The van der Waals surface area contributed by atoms with E-state index in [0.29, 0.717) is 28.1 Å². The van der Waals surface area contributed by atoms with Gasteiger partial charge in [0, 0.05) is 18.2 Å². The molecule has 1 aliphatic carbocycles. The van der Waals surface area contributed by atoms with E-state index in [0.717, 1.165) is 12.8 Å². The molecule has 0 heterocycles. The topological polar surface area (TPSA) is 55.1 Å². The lowest BCUT2D eigenvalue weighted by atomic mass is 9.98. The summed E-state index contributed by atoms with van der Waals surface area (Å²) >= 11 is 11.8. The first-order valence-electron chi connectivity index (χ1n) is 6.58. The molecule has 1 aliphatic rings. The highest BCUT2D eigenvalue weighted by atomic mass is 35.5. The van der Waals surface area contributed by atoms with Crippen molar-refractivity contribution in [3.8, 4) is 0 Å². The van der Waals surface area contributed by atoms with Crippen LogP contribution in [0.25, 0.3) is 0 Å². The van der Waals surface area contributed by atoms with Crippen LogP contribution in [0.3, 0.4) is 0 Å². The lowest BCUT2D eigenvalue weighted by molar-refractivity contribution is 0.0924. The van der Waals surface area contributed by atoms with Crippen LogP contribution >= 0.6 is 23.2 Å². The SMILES string of the molecule is NCC(NC(=O)c1ccc(Cl)c(Cl)c1)C1CCCC1. The Morgan fingerprint density at radius 1 is 1.32 bits per heavy atom. The maximum Gasteiger partial charge on any atom is 0.251 e. The van der Waals surface area contributed by atoms with Crippen molar-refractivity contribution in [2.75, 3.05) is 6.54 Å². The molecule has 3 N–H and O–H groups in total. The Morgan fingerprint density at radius 2 is 2.00 bits per heavy atom. The first-order valence-corrected chi connectivity index (χ1v) is 7.33. The third kappa shape index (κ3) is 3.62. The zero-order valence-electron chi connectivity index (χ0n) is 10.7. The minimum Gasteiger partial charge on any atom is -0.348 e. The molecule has 1 amide bonds. The summed E-state index contributed by atoms with van der Waals surface area (Å²) in [4.78, 5) is 12.2. The fraction of sp³-hybridized carbons (Fsp3) is 0.500. The van der Waals surface area contributed by atoms with Crippen LogP contribution in [0.5, 0.6) is 0 Å². The monoisotopic (exact) mass is 300 g/mol. The second-order valence-electron chi connectivity index (χ2n) is 4.99. The van der Waals surface area contributed by atoms with Gasteiger partial charge in [0.05, 0.1) is 10.0 Å². The average Bonchev–Trinajstić information content (AvgIpc) is 2.92. The van der Waals surface area contributed by atoms with E-state index in [4.69, 9.17) is 28.9 Å². The molecule has 0 aromatic heterocycles. The second-order valence-corrected chi connectivity index (χ2v) is 5.80. The van der Waals surface area contributed by atoms with Crippen molar-refractivity contribution in [3.05, 3.63) is 33.8 Å². The van der Waals surface area contributed by atoms with Gasteiger partial charge in [-0.25, -0.2) is 0 Å². The normalized spacial score (nSPS) is 17.4. The maximum atomic E-state index is 12.2. The van der Waals surface area contributed by atoms with Gasteiger partial charge in [-0.15, -0.1) is 0 Å². The standard InChI is InChI=1S/C14H18Cl2N2O/c15-11-6-5-10(7-12(11)16)14(19)18-13(8-17)9-3-1-2-4-9/h5-7,9,13H,1-4,8,17H2,(H,18,19). The van der Waals surface area contributed by atoms with E-state index < -0.39 is 0 Å². The Bertz CT molecular complexity index is 459. The van der Waals surface area contributed by atoms with Crippen molar-refractivity contribution in [1.82, 2.24) is 5.32 Å². The van der Waals surface area contributed by atoms with Crippen LogP contribution in [-0.4, -0.2) is 18.5 Å². The van der Waals surface area contributed by atoms with Crippen molar-refractivity contribution in [3.63, 3.8) is 0 Å². The number of rotatable bonds is 4. The van der Waals surface area contributed by atoms with Gasteiger partial charge < -0.3 is 11.1 Å². The third-order valence-corrected chi connectivity index (χ3v) is 4.46. The molecule has 1 fully saturated rings. The molecule has 0 aliphatic heterocycles. The number of carbonyl (C=O) groups excluding carboxylic acids is 1.